The summed E-state index contributed by atoms with van der Waals surface area (Å²) >= 11 is 0. The summed E-state index contributed by atoms with van der Waals surface area (Å²) in [5.41, 5.74) is 6.87. The minimum Gasteiger partial charge on any atom is -0.444 e. The predicted molar refractivity (Wildman–Crippen MR) is 90.9 cm³/mol. The first-order chi connectivity index (χ1) is 12.1. The van der Waals surface area contributed by atoms with E-state index in [0.29, 0.717) is 45.8 Å². The van der Waals surface area contributed by atoms with Crippen LogP contribution in [0.15, 0.2) is 30.3 Å². The predicted octanol–water partition coefficient (Wildman–Crippen LogP) is 0.891. The summed E-state index contributed by atoms with van der Waals surface area (Å²) in [6.45, 7) is 1.95. The number of ether oxygens (including phenoxy) is 3. The summed E-state index contributed by atoms with van der Waals surface area (Å²) in [7, 11) is 0. The molecule has 3 rings (SSSR count). The van der Waals surface area contributed by atoms with Gasteiger partial charge in [0.15, 0.2) is 0 Å². The molecule has 1 amide bonds. The van der Waals surface area contributed by atoms with Gasteiger partial charge in [-0.1, -0.05) is 30.3 Å². The van der Waals surface area contributed by atoms with Gasteiger partial charge in [0.2, 0.25) is 0 Å². The molecule has 25 heavy (non-hydrogen) atoms. The molecule has 1 aromatic carbocycles. The first-order valence-electron chi connectivity index (χ1n) is 8.72. The second-order valence-corrected chi connectivity index (χ2v) is 6.73. The van der Waals surface area contributed by atoms with Gasteiger partial charge in [-0.2, -0.15) is 0 Å². The van der Waals surface area contributed by atoms with Crippen molar-refractivity contribution in [2.75, 3.05) is 26.4 Å². The number of carbonyl (C=O) groups is 1. The molecule has 0 radical (unpaired) electrons. The number of nitrogens with two attached hydrogens (primary N) is 1. The zero-order chi connectivity index (χ0) is 17.6. The molecule has 0 bridgehead atoms. The second kappa shape index (κ2) is 8.62. The van der Waals surface area contributed by atoms with E-state index in [-0.39, 0.29) is 18.2 Å². The molecule has 2 fully saturated rings. The van der Waals surface area contributed by atoms with Gasteiger partial charge < -0.3 is 25.1 Å². The molecule has 4 atom stereocenters. The number of hydrogen-bond donors (Lipinski definition) is 2. The van der Waals surface area contributed by atoms with Gasteiger partial charge in [-0.05, 0) is 12.0 Å². The average Bonchev–Trinajstić information content (AvgIpc) is 2.60. The topological polar surface area (TPSA) is 94.3 Å². The summed E-state index contributed by atoms with van der Waals surface area (Å²) in [5.74, 6) is 0. The minimum atomic E-state index is -0.573. The largest absolute Gasteiger partial charge is 0.444 e. The van der Waals surface area contributed by atoms with Crippen LogP contribution in [0.5, 0.6) is 0 Å². The molecule has 2 aliphatic rings. The van der Waals surface area contributed by atoms with E-state index in [1.807, 2.05) is 30.3 Å². The highest BCUT2D eigenvalue weighted by molar-refractivity contribution is 5.68. The van der Waals surface area contributed by atoms with E-state index in [1.165, 1.54) is 0 Å². The Balaban J connectivity index is 1.69. The Morgan fingerprint density at radius 1 is 1.16 bits per heavy atom. The number of nitrogens with zero attached hydrogens (tertiary/aromatic N) is 1. The minimum absolute atomic E-state index is 0.117. The van der Waals surface area contributed by atoms with Gasteiger partial charge in [-0.3, -0.25) is 4.90 Å². The number of aliphatic hydroxyl groups is 1. The van der Waals surface area contributed by atoms with Gasteiger partial charge in [0.25, 0.3) is 0 Å². The van der Waals surface area contributed by atoms with E-state index in [1.54, 1.807) is 4.90 Å². The lowest BCUT2D eigenvalue weighted by atomic mass is 10.1. The van der Waals surface area contributed by atoms with Crippen molar-refractivity contribution in [2.24, 2.45) is 5.73 Å². The molecule has 0 spiro atoms. The number of amides is 1. The van der Waals surface area contributed by atoms with E-state index in [0.717, 1.165) is 5.56 Å². The van der Waals surface area contributed by atoms with Crippen molar-refractivity contribution < 1.29 is 24.1 Å². The van der Waals surface area contributed by atoms with Crippen molar-refractivity contribution in [3.05, 3.63) is 35.9 Å². The number of hydrogen-bond acceptors (Lipinski definition) is 6. The smallest absolute Gasteiger partial charge is 0.410 e. The van der Waals surface area contributed by atoms with Gasteiger partial charge in [0.05, 0.1) is 38.6 Å². The van der Waals surface area contributed by atoms with E-state index in [2.05, 4.69) is 0 Å². The molecule has 138 valence electrons. The summed E-state index contributed by atoms with van der Waals surface area (Å²) in [6.07, 6.45) is -0.272. The van der Waals surface area contributed by atoms with Crippen LogP contribution in [0.2, 0.25) is 0 Å². The fourth-order valence-corrected chi connectivity index (χ4v) is 3.25. The van der Waals surface area contributed by atoms with Crippen molar-refractivity contribution in [1.82, 2.24) is 4.90 Å². The highest BCUT2D eigenvalue weighted by atomic mass is 16.6. The first-order valence-corrected chi connectivity index (χ1v) is 8.72. The van der Waals surface area contributed by atoms with Crippen molar-refractivity contribution >= 4 is 6.09 Å². The molecule has 2 heterocycles. The molecule has 0 saturated carbocycles. The maximum absolute atomic E-state index is 12.8. The van der Waals surface area contributed by atoms with Crippen LogP contribution in [0.3, 0.4) is 0 Å². The third-order valence-corrected chi connectivity index (χ3v) is 4.50. The van der Waals surface area contributed by atoms with Crippen molar-refractivity contribution in [3.63, 3.8) is 0 Å². The number of benzene rings is 1. The second-order valence-electron chi connectivity index (χ2n) is 6.73. The highest BCUT2D eigenvalue weighted by Gasteiger charge is 2.33. The van der Waals surface area contributed by atoms with E-state index in [9.17, 15) is 9.90 Å². The standard InChI is InChI=1S/C18H26N2O5/c19-14-6-17(12-23-9-14)25-18(22)20(8-13-4-2-1-3-5-13)15-7-16(21)11-24-10-15/h1-5,14-17,21H,6-12,19H2. The van der Waals surface area contributed by atoms with Gasteiger partial charge >= 0.3 is 6.09 Å². The molecule has 0 aliphatic carbocycles. The van der Waals surface area contributed by atoms with Crippen molar-refractivity contribution in [3.8, 4) is 0 Å². The molecule has 4 unspecified atom stereocenters. The molecule has 2 aliphatic heterocycles. The lowest BCUT2D eigenvalue weighted by Crippen LogP contribution is -2.50. The van der Waals surface area contributed by atoms with Crippen LogP contribution in [0.25, 0.3) is 0 Å². The monoisotopic (exact) mass is 350 g/mol. The SMILES string of the molecule is NC1COCC(OC(=O)N(Cc2ccccc2)C2COCC(O)C2)C1. The Morgan fingerprint density at radius 2 is 1.92 bits per heavy atom. The van der Waals surface area contributed by atoms with Crippen LogP contribution < -0.4 is 5.73 Å². The van der Waals surface area contributed by atoms with Crippen LogP contribution in [-0.2, 0) is 20.8 Å². The maximum atomic E-state index is 12.8. The molecule has 7 nitrogen and oxygen atoms in total. The number of aliphatic hydroxyl groups excluding tert-OH is 1. The molecule has 0 aromatic heterocycles. The number of rotatable bonds is 4. The van der Waals surface area contributed by atoms with E-state index >= 15 is 0 Å². The summed E-state index contributed by atoms with van der Waals surface area (Å²) in [6, 6.07) is 9.36. The van der Waals surface area contributed by atoms with Crippen LogP contribution in [0.1, 0.15) is 18.4 Å². The van der Waals surface area contributed by atoms with Gasteiger partial charge in [-0.15, -0.1) is 0 Å². The van der Waals surface area contributed by atoms with Crippen LogP contribution in [0, 0.1) is 0 Å². The molecule has 1 aromatic rings. The van der Waals surface area contributed by atoms with Crippen LogP contribution in [0.4, 0.5) is 4.79 Å². The quantitative estimate of drug-likeness (QED) is 0.838. The third-order valence-electron chi connectivity index (χ3n) is 4.50. The summed E-state index contributed by atoms with van der Waals surface area (Å²) in [5, 5.41) is 9.89. The normalized spacial score (nSPS) is 29.8. The summed E-state index contributed by atoms with van der Waals surface area (Å²) < 4.78 is 16.4. The molecule has 3 N–H and O–H groups in total. The Labute approximate surface area is 147 Å². The van der Waals surface area contributed by atoms with Gasteiger partial charge in [-0.25, -0.2) is 4.79 Å². The van der Waals surface area contributed by atoms with Crippen molar-refractivity contribution in [1.29, 1.82) is 0 Å². The Kier molecular flexibility index (Phi) is 6.25. The van der Waals surface area contributed by atoms with Crippen molar-refractivity contribution in [2.45, 2.75) is 43.7 Å². The van der Waals surface area contributed by atoms with Crippen LogP contribution in [-0.4, -0.2) is 66.8 Å². The Hall–Kier alpha value is -1.67. The fourth-order valence-electron chi connectivity index (χ4n) is 3.25. The average molecular weight is 350 g/mol. The molecule has 2 saturated heterocycles. The third kappa shape index (κ3) is 5.15. The van der Waals surface area contributed by atoms with Crippen LogP contribution >= 0.6 is 0 Å². The molecule has 7 heteroatoms. The maximum Gasteiger partial charge on any atom is 0.410 e. The molecular weight excluding hydrogens is 324 g/mol. The zero-order valence-electron chi connectivity index (χ0n) is 14.3. The van der Waals surface area contributed by atoms with E-state index < -0.39 is 12.2 Å². The lowest BCUT2D eigenvalue weighted by Gasteiger charge is -2.37. The lowest BCUT2D eigenvalue weighted by molar-refractivity contribution is -0.0686. The van der Waals surface area contributed by atoms with E-state index in [4.69, 9.17) is 19.9 Å². The summed E-state index contributed by atoms with van der Waals surface area (Å²) in [4.78, 5) is 14.4. The Bertz CT molecular complexity index is 556. The zero-order valence-corrected chi connectivity index (χ0v) is 14.3. The Morgan fingerprint density at radius 3 is 2.64 bits per heavy atom. The fraction of sp³-hybridized carbons (Fsp3) is 0.611. The molecular formula is C18H26N2O5. The first kappa shape index (κ1) is 18.1. The van der Waals surface area contributed by atoms with Gasteiger partial charge in [0.1, 0.15) is 6.10 Å². The van der Waals surface area contributed by atoms with Gasteiger partial charge in [0, 0.05) is 19.0 Å². The highest BCUT2D eigenvalue weighted by Crippen LogP contribution is 2.20. The number of carbonyl (C=O) groups excluding carboxylic acids is 1.